The number of halogens is 1. The fraction of sp³-hybridized carbons (Fsp3) is 0.458. The van der Waals surface area contributed by atoms with Crippen LogP contribution in [-0.4, -0.2) is 53.5 Å². The lowest BCUT2D eigenvalue weighted by molar-refractivity contribution is -0.142. The first-order valence-corrected chi connectivity index (χ1v) is 10.4. The van der Waals surface area contributed by atoms with E-state index >= 15 is 0 Å². The normalized spacial score (nSPS) is 16.5. The van der Waals surface area contributed by atoms with Crippen molar-refractivity contribution >= 4 is 11.6 Å². The van der Waals surface area contributed by atoms with E-state index in [1.165, 1.54) is 12.1 Å². The molecule has 1 aliphatic heterocycles. The van der Waals surface area contributed by atoms with Gasteiger partial charge in [-0.05, 0) is 57.5 Å². The van der Waals surface area contributed by atoms with E-state index in [1.54, 1.807) is 0 Å². The van der Waals surface area contributed by atoms with Crippen LogP contribution in [0, 0.1) is 5.82 Å². The van der Waals surface area contributed by atoms with Gasteiger partial charge in [0.25, 0.3) is 0 Å². The fourth-order valence-electron chi connectivity index (χ4n) is 3.81. The number of piperazine rings is 1. The van der Waals surface area contributed by atoms with Crippen LogP contribution in [0.4, 0.5) is 10.1 Å². The number of hydrogen-bond donors (Lipinski definition) is 0. The molecule has 0 spiro atoms. The second kappa shape index (κ2) is 8.95. The zero-order valence-corrected chi connectivity index (χ0v) is 17.9. The summed E-state index contributed by atoms with van der Waals surface area (Å²) in [7, 11) is 0. The number of rotatable bonds is 5. The highest BCUT2D eigenvalue weighted by Gasteiger charge is 2.33. The Bertz CT molecular complexity index is 793. The molecule has 1 amide bonds. The number of nitrogens with zero attached hydrogens (tertiary/aromatic N) is 3. The Morgan fingerprint density at radius 2 is 1.59 bits per heavy atom. The van der Waals surface area contributed by atoms with Crippen LogP contribution in [0.25, 0.3) is 0 Å². The smallest absolute Gasteiger partial charge is 0.240 e. The lowest BCUT2D eigenvalue weighted by atomic mass is 10.0. The third kappa shape index (κ3) is 5.36. The molecule has 5 heteroatoms. The minimum absolute atomic E-state index is 0.164. The van der Waals surface area contributed by atoms with E-state index in [1.807, 2.05) is 42.2 Å². The lowest BCUT2D eigenvalue weighted by Crippen LogP contribution is -2.57. The Hall–Kier alpha value is -2.40. The van der Waals surface area contributed by atoms with Crippen LogP contribution >= 0.6 is 0 Å². The Labute approximate surface area is 173 Å². The van der Waals surface area contributed by atoms with Gasteiger partial charge in [0, 0.05) is 44.0 Å². The Kier molecular flexibility index (Phi) is 6.58. The maximum Gasteiger partial charge on any atom is 0.240 e. The Morgan fingerprint density at radius 3 is 2.14 bits per heavy atom. The van der Waals surface area contributed by atoms with Crippen LogP contribution in [0.3, 0.4) is 0 Å². The van der Waals surface area contributed by atoms with Crippen molar-refractivity contribution in [3.63, 3.8) is 0 Å². The van der Waals surface area contributed by atoms with Crippen molar-refractivity contribution in [1.82, 2.24) is 9.80 Å². The van der Waals surface area contributed by atoms with Crippen LogP contribution in [0.15, 0.2) is 54.6 Å². The summed E-state index contributed by atoms with van der Waals surface area (Å²) >= 11 is 0. The van der Waals surface area contributed by atoms with Crippen LogP contribution in [0.5, 0.6) is 0 Å². The zero-order chi connectivity index (χ0) is 21.0. The van der Waals surface area contributed by atoms with E-state index in [4.69, 9.17) is 0 Å². The molecule has 0 bridgehead atoms. The molecule has 0 aliphatic carbocycles. The van der Waals surface area contributed by atoms with Gasteiger partial charge in [-0.3, -0.25) is 9.69 Å². The first-order valence-electron chi connectivity index (χ1n) is 10.4. The predicted molar refractivity (Wildman–Crippen MR) is 116 cm³/mol. The molecule has 1 saturated heterocycles. The SMILES string of the molecule is C[C@@H](C(=O)N(Cc1ccccc1)C(C)(C)C)N1CCN(c2ccc(F)cc2)CC1. The summed E-state index contributed by atoms with van der Waals surface area (Å²) in [6.07, 6.45) is 0. The van der Waals surface area contributed by atoms with Gasteiger partial charge in [-0.25, -0.2) is 4.39 Å². The van der Waals surface area contributed by atoms with Gasteiger partial charge in [0.1, 0.15) is 5.82 Å². The second-order valence-electron chi connectivity index (χ2n) is 8.76. The van der Waals surface area contributed by atoms with Gasteiger partial charge in [0.15, 0.2) is 0 Å². The van der Waals surface area contributed by atoms with Gasteiger partial charge in [-0.1, -0.05) is 30.3 Å². The average molecular weight is 398 g/mol. The Balaban J connectivity index is 1.64. The summed E-state index contributed by atoms with van der Waals surface area (Å²) in [6.45, 7) is 12.2. The molecule has 3 rings (SSSR count). The number of carbonyl (C=O) groups excluding carboxylic acids is 1. The van der Waals surface area contributed by atoms with Crippen molar-refractivity contribution in [2.24, 2.45) is 0 Å². The van der Waals surface area contributed by atoms with Crippen LogP contribution in [-0.2, 0) is 11.3 Å². The number of hydrogen-bond acceptors (Lipinski definition) is 3. The van der Waals surface area contributed by atoms with Gasteiger partial charge >= 0.3 is 0 Å². The van der Waals surface area contributed by atoms with Gasteiger partial charge in [-0.2, -0.15) is 0 Å². The summed E-state index contributed by atoms with van der Waals surface area (Å²) < 4.78 is 13.2. The van der Waals surface area contributed by atoms with Crippen molar-refractivity contribution in [1.29, 1.82) is 0 Å². The molecule has 0 radical (unpaired) electrons. The van der Waals surface area contributed by atoms with E-state index in [2.05, 4.69) is 42.7 Å². The molecule has 2 aromatic carbocycles. The summed E-state index contributed by atoms with van der Waals surface area (Å²) in [5.41, 5.74) is 1.92. The molecule has 4 nitrogen and oxygen atoms in total. The van der Waals surface area contributed by atoms with Gasteiger partial charge in [0.2, 0.25) is 5.91 Å². The van der Waals surface area contributed by atoms with Crippen LogP contribution in [0.1, 0.15) is 33.3 Å². The topological polar surface area (TPSA) is 26.8 Å². The molecule has 1 atom stereocenters. The van der Waals surface area contributed by atoms with Crippen molar-refractivity contribution in [3.05, 3.63) is 66.0 Å². The molecule has 0 N–H and O–H groups in total. The van der Waals surface area contributed by atoms with E-state index in [9.17, 15) is 9.18 Å². The Morgan fingerprint density at radius 1 is 1.00 bits per heavy atom. The molecule has 29 heavy (non-hydrogen) atoms. The highest BCUT2D eigenvalue weighted by atomic mass is 19.1. The monoisotopic (exact) mass is 397 g/mol. The van der Waals surface area contributed by atoms with Crippen LogP contribution in [0.2, 0.25) is 0 Å². The maximum absolute atomic E-state index is 13.4. The summed E-state index contributed by atoms with van der Waals surface area (Å²) in [6, 6.07) is 16.6. The molecule has 0 saturated carbocycles. The minimum atomic E-state index is -0.253. The number of carbonyl (C=O) groups is 1. The predicted octanol–water partition coefficient (Wildman–Crippen LogP) is 4.16. The molecule has 156 valence electrons. The van der Waals surface area contributed by atoms with E-state index in [-0.39, 0.29) is 23.3 Å². The average Bonchev–Trinajstić information content (AvgIpc) is 2.72. The minimum Gasteiger partial charge on any atom is -0.369 e. The second-order valence-corrected chi connectivity index (χ2v) is 8.76. The quantitative estimate of drug-likeness (QED) is 0.758. The largest absolute Gasteiger partial charge is 0.369 e. The highest BCUT2D eigenvalue weighted by Crippen LogP contribution is 2.22. The van der Waals surface area contributed by atoms with E-state index in [0.717, 1.165) is 37.4 Å². The van der Waals surface area contributed by atoms with Crippen molar-refractivity contribution in [2.75, 3.05) is 31.1 Å². The number of benzene rings is 2. The summed E-state index contributed by atoms with van der Waals surface area (Å²) in [5, 5.41) is 0. The standard InChI is InChI=1S/C24H32FN3O/c1-19(23(29)28(24(2,3)4)18-20-8-6-5-7-9-20)26-14-16-27(17-15-26)22-12-10-21(25)11-13-22/h5-13,19H,14-18H2,1-4H3/t19-/m0/s1. The third-order valence-electron chi connectivity index (χ3n) is 5.67. The summed E-state index contributed by atoms with van der Waals surface area (Å²) in [4.78, 5) is 19.9. The first kappa shape index (κ1) is 21.3. The van der Waals surface area contributed by atoms with Crippen molar-refractivity contribution in [2.45, 2.75) is 45.8 Å². The van der Waals surface area contributed by atoms with Gasteiger partial charge in [-0.15, -0.1) is 0 Å². The summed E-state index contributed by atoms with van der Waals surface area (Å²) in [5.74, 6) is -0.0520. The lowest BCUT2D eigenvalue weighted by Gasteiger charge is -2.43. The molecule has 0 unspecified atom stereocenters. The molecule has 2 aromatic rings. The first-order chi connectivity index (χ1) is 13.8. The molecule has 1 aliphatic rings. The molecule has 1 heterocycles. The molecule has 0 aromatic heterocycles. The molecular formula is C24H32FN3O. The number of amides is 1. The number of anilines is 1. The highest BCUT2D eigenvalue weighted by molar-refractivity contribution is 5.82. The third-order valence-corrected chi connectivity index (χ3v) is 5.67. The van der Waals surface area contributed by atoms with E-state index < -0.39 is 0 Å². The fourth-order valence-corrected chi connectivity index (χ4v) is 3.81. The van der Waals surface area contributed by atoms with E-state index in [0.29, 0.717) is 6.54 Å². The van der Waals surface area contributed by atoms with Crippen LogP contribution < -0.4 is 4.90 Å². The maximum atomic E-state index is 13.4. The molecule has 1 fully saturated rings. The van der Waals surface area contributed by atoms with Crippen molar-refractivity contribution in [3.8, 4) is 0 Å². The molecular weight excluding hydrogens is 365 g/mol. The van der Waals surface area contributed by atoms with Gasteiger partial charge in [0.05, 0.1) is 6.04 Å². The van der Waals surface area contributed by atoms with Crippen molar-refractivity contribution < 1.29 is 9.18 Å². The zero-order valence-electron chi connectivity index (χ0n) is 17.9. The van der Waals surface area contributed by atoms with Gasteiger partial charge < -0.3 is 9.80 Å².